The van der Waals surface area contributed by atoms with Gasteiger partial charge in [0, 0.05) is 31.4 Å². The molecule has 1 amide bonds. The molecule has 0 aromatic rings. The molecule has 0 aromatic heterocycles. The Kier molecular flexibility index (Phi) is 9.63. The molecule has 0 rings (SSSR count). The van der Waals surface area contributed by atoms with Crippen LogP contribution in [0, 0.1) is 0 Å². The third kappa shape index (κ3) is 9.76. The van der Waals surface area contributed by atoms with Gasteiger partial charge in [0.15, 0.2) is 0 Å². The molecule has 0 radical (unpaired) electrons. The molecule has 0 saturated carbocycles. The Bertz CT molecular complexity index is 195. The molecule has 1 atom stereocenters. The van der Waals surface area contributed by atoms with Crippen LogP contribution in [0.5, 0.6) is 0 Å². The van der Waals surface area contributed by atoms with E-state index >= 15 is 0 Å². The predicted molar refractivity (Wildman–Crippen MR) is 65.2 cm³/mol. The number of alkyl halides is 1. The van der Waals surface area contributed by atoms with E-state index in [1.54, 1.807) is 0 Å². The molecule has 0 aliphatic heterocycles. The molecule has 2 N–H and O–H groups in total. The summed E-state index contributed by atoms with van der Waals surface area (Å²) >= 11 is 5.46. The van der Waals surface area contributed by atoms with E-state index in [0.29, 0.717) is 18.8 Å². The molecule has 4 heteroatoms. The minimum absolute atomic E-state index is 0.109. The molecule has 0 saturated heterocycles. The van der Waals surface area contributed by atoms with E-state index in [1.165, 1.54) is 0 Å². The molecular formula is C11H21ClN2O. The first kappa shape index (κ1) is 14.5. The zero-order chi connectivity index (χ0) is 11.5. The number of allylic oxidation sites excluding steroid dienone is 1. The van der Waals surface area contributed by atoms with E-state index in [2.05, 4.69) is 17.6 Å². The highest BCUT2D eigenvalue weighted by Crippen LogP contribution is 1.88. The lowest BCUT2D eigenvalue weighted by Gasteiger charge is -2.11. The number of carbonyl (C=O) groups excluding carboxylic acids is 1. The standard InChI is InChI=1S/C11H21ClN2O/c1-3-10(2)14-11(15)6-9-13-8-5-4-7-12/h4-5,10,13H,3,6-9H2,1-2H3,(H,14,15)/b5-4+. The summed E-state index contributed by atoms with van der Waals surface area (Å²) in [6, 6.07) is 0.272. The van der Waals surface area contributed by atoms with Crippen LogP contribution in [0.25, 0.3) is 0 Å². The zero-order valence-electron chi connectivity index (χ0n) is 9.55. The molecule has 0 heterocycles. The number of hydrogen-bond donors (Lipinski definition) is 2. The van der Waals surface area contributed by atoms with Crippen LogP contribution in [0.15, 0.2) is 12.2 Å². The monoisotopic (exact) mass is 232 g/mol. The summed E-state index contributed by atoms with van der Waals surface area (Å²) in [7, 11) is 0. The molecule has 88 valence electrons. The van der Waals surface area contributed by atoms with Crippen LogP contribution in [0.1, 0.15) is 26.7 Å². The lowest BCUT2D eigenvalue weighted by molar-refractivity contribution is -0.121. The van der Waals surface area contributed by atoms with Crippen LogP contribution in [0.4, 0.5) is 0 Å². The van der Waals surface area contributed by atoms with Gasteiger partial charge in [-0.2, -0.15) is 0 Å². The van der Waals surface area contributed by atoms with Crippen molar-refractivity contribution in [3.63, 3.8) is 0 Å². The Morgan fingerprint density at radius 1 is 1.47 bits per heavy atom. The minimum Gasteiger partial charge on any atom is -0.354 e. The van der Waals surface area contributed by atoms with Crippen molar-refractivity contribution in [1.29, 1.82) is 0 Å². The average molecular weight is 233 g/mol. The number of carbonyl (C=O) groups is 1. The summed E-state index contributed by atoms with van der Waals surface area (Å²) in [6.07, 6.45) is 5.34. The van der Waals surface area contributed by atoms with Crippen molar-refractivity contribution in [2.45, 2.75) is 32.7 Å². The van der Waals surface area contributed by atoms with E-state index in [9.17, 15) is 4.79 Å². The normalized spacial score (nSPS) is 13.0. The Morgan fingerprint density at radius 3 is 2.80 bits per heavy atom. The molecule has 0 aromatic carbocycles. The molecule has 1 unspecified atom stereocenters. The van der Waals surface area contributed by atoms with Gasteiger partial charge in [-0.05, 0) is 13.3 Å². The number of halogens is 1. The van der Waals surface area contributed by atoms with E-state index in [-0.39, 0.29) is 11.9 Å². The van der Waals surface area contributed by atoms with Crippen molar-refractivity contribution >= 4 is 17.5 Å². The van der Waals surface area contributed by atoms with Crippen molar-refractivity contribution in [2.75, 3.05) is 19.0 Å². The third-order valence-electron chi connectivity index (χ3n) is 2.07. The molecule has 0 fully saturated rings. The number of nitrogens with one attached hydrogen (secondary N) is 2. The second kappa shape index (κ2) is 9.99. The van der Waals surface area contributed by atoms with E-state index in [0.717, 1.165) is 13.0 Å². The maximum absolute atomic E-state index is 11.3. The van der Waals surface area contributed by atoms with E-state index < -0.39 is 0 Å². The Hall–Kier alpha value is -0.540. The lowest BCUT2D eigenvalue weighted by atomic mass is 10.2. The van der Waals surface area contributed by atoms with Gasteiger partial charge in [-0.25, -0.2) is 0 Å². The largest absolute Gasteiger partial charge is 0.354 e. The molecule has 3 nitrogen and oxygen atoms in total. The second-order valence-corrected chi connectivity index (χ2v) is 3.77. The summed E-state index contributed by atoms with van der Waals surface area (Å²) in [5, 5.41) is 6.05. The van der Waals surface area contributed by atoms with Crippen LogP contribution in [-0.2, 0) is 4.79 Å². The van der Waals surface area contributed by atoms with Gasteiger partial charge < -0.3 is 10.6 Å². The van der Waals surface area contributed by atoms with Crippen LogP contribution < -0.4 is 10.6 Å². The van der Waals surface area contributed by atoms with Crippen molar-refractivity contribution in [2.24, 2.45) is 0 Å². The quantitative estimate of drug-likeness (QED) is 0.380. The van der Waals surface area contributed by atoms with Crippen molar-refractivity contribution < 1.29 is 4.79 Å². The average Bonchev–Trinajstić information content (AvgIpc) is 2.23. The van der Waals surface area contributed by atoms with Crippen LogP contribution in [0.3, 0.4) is 0 Å². The minimum atomic E-state index is 0.109. The highest BCUT2D eigenvalue weighted by atomic mass is 35.5. The first-order valence-corrected chi connectivity index (χ1v) is 5.95. The first-order chi connectivity index (χ1) is 7.20. The first-order valence-electron chi connectivity index (χ1n) is 5.41. The summed E-state index contributed by atoms with van der Waals surface area (Å²) in [5.74, 6) is 0.647. The van der Waals surface area contributed by atoms with Crippen molar-refractivity contribution in [3.05, 3.63) is 12.2 Å². The highest BCUT2D eigenvalue weighted by Gasteiger charge is 2.03. The topological polar surface area (TPSA) is 41.1 Å². The fourth-order valence-electron chi connectivity index (χ4n) is 0.983. The van der Waals surface area contributed by atoms with Crippen LogP contribution in [-0.4, -0.2) is 30.9 Å². The molecule has 0 bridgehead atoms. The summed E-state index contributed by atoms with van der Waals surface area (Å²) in [5.41, 5.74) is 0. The fourth-order valence-corrected chi connectivity index (χ4v) is 1.11. The molecule has 0 spiro atoms. The summed E-state index contributed by atoms with van der Waals surface area (Å²) in [6.45, 7) is 5.53. The lowest BCUT2D eigenvalue weighted by Crippen LogP contribution is -2.34. The summed E-state index contributed by atoms with van der Waals surface area (Å²) < 4.78 is 0. The number of hydrogen-bond acceptors (Lipinski definition) is 2. The molecular weight excluding hydrogens is 212 g/mol. The second-order valence-electron chi connectivity index (χ2n) is 3.46. The van der Waals surface area contributed by atoms with Gasteiger partial charge in [0.25, 0.3) is 0 Å². The Morgan fingerprint density at radius 2 is 2.20 bits per heavy atom. The maximum atomic E-state index is 11.3. The van der Waals surface area contributed by atoms with Gasteiger partial charge in [-0.15, -0.1) is 11.6 Å². The van der Waals surface area contributed by atoms with Crippen LogP contribution >= 0.6 is 11.6 Å². The number of rotatable bonds is 8. The van der Waals surface area contributed by atoms with Gasteiger partial charge in [0.05, 0.1) is 0 Å². The predicted octanol–water partition coefficient (Wildman–Crippen LogP) is 1.68. The zero-order valence-corrected chi connectivity index (χ0v) is 10.3. The van der Waals surface area contributed by atoms with Crippen molar-refractivity contribution in [3.8, 4) is 0 Å². The smallest absolute Gasteiger partial charge is 0.221 e. The van der Waals surface area contributed by atoms with Gasteiger partial charge in [-0.3, -0.25) is 4.79 Å². The van der Waals surface area contributed by atoms with Gasteiger partial charge in [0.2, 0.25) is 5.91 Å². The molecule has 0 aliphatic rings. The van der Waals surface area contributed by atoms with Gasteiger partial charge >= 0.3 is 0 Å². The third-order valence-corrected chi connectivity index (χ3v) is 2.24. The fraction of sp³-hybridized carbons (Fsp3) is 0.727. The molecule has 0 aliphatic carbocycles. The SMILES string of the molecule is CCC(C)NC(=O)CCNC/C=C/CCl. The number of amides is 1. The molecule has 15 heavy (non-hydrogen) atoms. The highest BCUT2D eigenvalue weighted by molar-refractivity contribution is 6.18. The van der Waals surface area contributed by atoms with Gasteiger partial charge in [0.1, 0.15) is 0 Å². The maximum Gasteiger partial charge on any atom is 0.221 e. The Labute approximate surface area is 97.3 Å². The van der Waals surface area contributed by atoms with E-state index in [4.69, 9.17) is 11.6 Å². The van der Waals surface area contributed by atoms with Crippen molar-refractivity contribution in [1.82, 2.24) is 10.6 Å². The summed E-state index contributed by atoms with van der Waals surface area (Å²) in [4.78, 5) is 11.3. The van der Waals surface area contributed by atoms with E-state index in [1.807, 2.05) is 19.1 Å². The van der Waals surface area contributed by atoms with Gasteiger partial charge in [-0.1, -0.05) is 19.1 Å². The van der Waals surface area contributed by atoms with Crippen LogP contribution in [0.2, 0.25) is 0 Å². The Balaban J connectivity index is 3.35.